The van der Waals surface area contributed by atoms with E-state index in [-0.39, 0.29) is 17.3 Å². The second-order valence-electron chi connectivity index (χ2n) is 5.66. The molecule has 2 saturated heterocycles. The second kappa shape index (κ2) is 5.58. The Labute approximate surface area is 128 Å². The maximum Gasteiger partial charge on any atom is 0.166 e. The van der Waals surface area contributed by atoms with E-state index < -0.39 is 0 Å². The van der Waals surface area contributed by atoms with Crippen LogP contribution in [0.25, 0.3) is 0 Å². The molecule has 1 spiro atoms. The van der Waals surface area contributed by atoms with Crippen LogP contribution in [0.3, 0.4) is 0 Å². The molecule has 0 saturated carbocycles. The molecule has 0 aromatic heterocycles. The van der Waals surface area contributed by atoms with Gasteiger partial charge in [-0.05, 0) is 43.2 Å². The van der Waals surface area contributed by atoms with Crippen molar-refractivity contribution >= 4 is 34.8 Å². The number of ether oxygens (including phenoxy) is 1. The van der Waals surface area contributed by atoms with Crippen molar-refractivity contribution in [3.63, 3.8) is 0 Å². The summed E-state index contributed by atoms with van der Waals surface area (Å²) in [6.45, 7) is 0.674. The molecule has 2 aliphatic heterocycles. The van der Waals surface area contributed by atoms with Gasteiger partial charge in [-0.2, -0.15) is 11.8 Å². The van der Waals surface area contributed by atoms with Crippen LogP contribution < -0.4 is 5.73 Å². The van der Waals surface area contributed by atoms with Gasteiger partial charge in [-0.1, -0.05) is 11.6 Å². The molecule has 2 unspecified atom stereocenters. The molecular formula is C15H18ClNO2S. The van der Waals surface area contributed by atoms with E-state index in [0.717, 1.165) is 30.8 Å². The van der Waals surface area contributed by atoms with Gasteiger partial charge in [0.2, 0.25) is 0 Å². The number of rotatable bonds is 2. The minimum Gasteiger partial charge on any atom is -0.399 e. The monoisotopic (exact) mass is 311 g/mol. The summed E-state index contributed by atoms with van der Waals surface area (Å²) < 4.78 is 5.97. The van der Waals surface area contributed by atoms with Crippen molar-refractivity contribution < 1.29 is 9.53 Å². The molecule has 20 heavy (non-hydrogen) atoms. The van der Waals surface area contributed by atoms with Gasteiger partial charge in [-0.3, -0.25) is 4.79 Å². The van der Waals surface area contributed by atoms with Crippen LogP contribution in [0.1, 0.15) is 29.6 Å². The lowest BCUT2D eigenvalue weighted by molar-refractivity contribution is -0.0734. The third kappa shape index (κ3) is 2.83. The van der Waals surface area contributed by atoms with Crippen LogP contribution in [-0.2, 0) is 4.74 Å². The van der Waals surface area contributed by atoms with Gasteiger partial charge in [-0.15, -0.1) is 0 Å². The molecule has 3 rings (SSSR count). The summed E-state index contributed by atoms with van der Waals surface area (Å²) in [5.41, 5.74) is 6.87. The first-order valence-electron chi connectivity index (χ1n) is 6.90. The smallest absolute Gasteiger partial charge is 0.166 e. The quantitative estimate of drug-likeness (QED) is 0.672. The van der Waals surface area contributed by atoms with Crippen molar-refractivity contribution in [2.45, 2.75) is 24.9 Å². The summed E-state index contributed by atoms with van der Waals surface area (Å²) in [7, 11) is 0. The first kappa shape index (κ1) is 14.2. The van der Waals surface area contributed by atoms with Gasteiger partial charge < -0.3 is 10.5 Å². The third-order valence-electron chi connectivity index (χ3n) is 4.14. The molecule has 0 aliphatic carbocycles. The number of carbonyl (C=O) groups is 1. The fourth-order valence-electron chi connectivity index (χ4n) is 3.11. The van der Waals surface area contributed by atoms with E-state index in [9.17, 15) is 4.79 Å². The number of ketones is 1. The molecule has 108 valence electrons. The van der Waals surface area contributed by atoms with Gasteiger partial charge in [-0.25, -0.2) is 0 Å². The van der Waals surface area contributed by atoms with Crippen LogP contribution >= 0.6 is 23.4 Å². The fourth-order valence-corrected chi connectivity index (χ4v) is 4.73. The predicted octanol–water partition coefficient (Wildman–Crippen LogP) is 3.41. The molecule has 1 aromatic carbocycles. The van der Waals surface area contributed by atoms with E-state index in [1.54, 1.807) is 18.2 Å². The third-order valence-corrected chi connectivity index (χ3v) is 5.58. The largest absolute Gasteiger partial charge is 0.399 e. The fraction of sp³-hybridized carbons (Fsp3) is 0.533. The van der Waals surface area contributed by atoms with Crippen LogP contribution in [0.4, 0.5) is 5.69 Å². The molecule has 2 aliphatic rings. The molecule has 2 heterocycles. The molecule has 0 amide bonds. The molecule has 3 nitrogen and oxygen atoms in total. The van der Waals surface area contributed by atoms with Crippen LogP contribution in [0, 0.1) is 5.92 Å². The molecule has 1 aromatic rings. The Bertz CT molecular complexity index is 508. The zero-order valence-electron chi connectivity index (χ0n) is 11.2. The second-order valence-corrected chi connectivity index (χ2v) is 7.20. The number of thioether (sulfide) groups is 1. The van der Waals surface area contributed by atoms with E-state index in [2.05, 4.69) is 0 Å². The van der Waals surface area contributed by atoms with Gasteiger partial charge >= 0.3 is 0 Å². The highest BCUT2D eigenvalue weighted by Crippen LogP contribution is 2.41. The Kier molecular flexibility index (Phi) is 3.98. The summed E-state index contributed by atoms with van der Waals surface area (Å²) in [6.07, 6.45) is 2.67. The maximum absolute atomic E-state index is 12.7. The van der Waals surface area contributed by atoms with Crippen molar-refractivity contribution in [2.75, 3.05) is 23.8 Å². The van der Waals surface area contributed by atoms with E-state index >= 15 is 0 Å². The van der Waals surface area contributed by atoms with Gasteiger partial charge in [0.05, 0.1) is 5.60 Å². The number of carbonyl (C=O) groups excluding carboxylic acids is 1. The molecule has 2 fully saturated rings. The Hall–Kier alpha value is -0.710. The summed E-state index contributed by atoms with van der Waals surface area (Å²) in [6, 6.07) is 5.10. The lowest BCUT2D eigenvalue weighted by Gasteiger charge is -2.37. The Morgan fingerprint density at radius 2 is 2.30 bits per heavy atom. The summed E-state index contributed by atoms with van der Waals surface area (Å²) in [5.74, 6) is 2.32. The van der Waals surface area contributed by atoms with E-state index in [4.69, 9.17) is 22.1 Å². The SMILES string of the molecule is Nc1cc(Cl)cc(C(=O)C2CCOC3(CCSC3)C2)c1. The molecule has 0 bridgehead atoms. The first-order valence-corrected chi connectivity index (χ1v) is 8.43. The number of hydrogen-bond donors (Lipinski definition) is 1. The highest BCUT2D eigenvalue weighted by atomic mass is 35.5. The highest BCUT2D eigenvalue weighted by Gasteiger charge is 2.42. The van der Waals surface area contributed by atoms with E-state index in [1.807, 2.05) is 11.8 Å². The van der Waals surface area contributed by atoms with Crippen molar-refractivity contribution in [2.24, 2.45) is 5.92 Å². The first-order chi connectivity index (χ1) is 9.58. The van der Waals surface area contributed by atoms with Crippen LogP contribution in [0.2, 0.25) is 5.02 Å². The normalized spacial score (nSPS) is 29.8. The number of Topliss-reactive ketones (excluding diaryl/α,β-unsaturated/α-hetero) is 1. The molecule has 5 heteroatoms. The average Bonchev–Trinajstić information content (AvgIpc) is 2.85. The van der Waals surface area contributed by atoms with Crippen LogP contribution in [-0.4, -0.2) is 29.5 Å². The number of halogens is 1. The summed E-state index contributed by atoms with van der Waals surface area (Å²) in [4.78, 5) is 12.7. The van der Waals surface area contributed by atoms with E-state index in [1.165, 1.54) is 0 Å². The highest BCUT2D eigenvalue weighted by molar-refractivity contribution is 7.99. The number of benzene rings is 1. The van der Waals surface area contributed by atoms with Gasteiger partial charge in [0.25, 0.3) is 0 Å². The summed E-state index contributed by atoms with van der Waals surface area (Å²) >= 11 is 7.91. The zero-order chi connectivity index (χ0) is 14.2. The number of anilines is 1. The van der Waals surface area contributed by atoms with Gasteiger partial charge in [0.1, 0.15) is 0 Å². The van der Waals surface area contributed by atoms with Crippen molar-refractivity contribution in [1.29, 1.82) is 0 Å². The average molecular weight is 312 g/mol. The van der Waals surface area contributed by atoms with Crippen molar-refractivity contribution in [1.82, 2.24) is 0 Å². The lowest BCUT2D eigenvalue weighted by atomic mass is 9.81. The van der Waals surface area contributed by atoms with Crippen molar-refractivity contribution in [3.05, 3.63) is 28.8 Å². The van der Waals surface area contributed by atoms with Gasteiger partial charge in [0, 0.05) is 34.6 Å². The minimum atomic E-state index is -0.0760. The Balaban J connectivity index is 1.79. The number of nitrogens with two attached hydrogens (primary N) is 1. The maximum atomic E-state index is 12.7. The van der Waals surface area contributed by atoms with Crippen LogP contribution in [0.5, 0.6) is 0 Å². The van der Waals surface area contributed by atoms with Crippen LogP contribution in [0.15, 0.2) is 18.2 Å². The molecular weight excluding hydrogens is 294 g/mol. The number of hydrogen-bond acceptors (Lipinski definition) is 4. The predicted molar refractivity (Wildman–Crippen MR) is 83.5 cm³/mol. The molecule has 2 N–H and O–H groups in total. The minimum absolute atomic E-state index is 0.0281. The Morgan fingerprint density at radius 3 is 3.00 bits per heavy atom. The van der Waals surface area contributed by atoms with E-state index in [0.29, 0.717) is 22.9 Å². The van der Waals surface area contributed by atoms with Crippen molar-refractivity contribution in [3.8, 4) is 0 Å². The number of nitrogen functional groups attached to an aromatic ring is 1. The zero-order valence-corrected chi connectivity index (χ0v) is 12.8. The topological polar surface area (TPSA) is 52.3 Å². The lowest BCUT2D eigenvalue weighted by Crippen LogP contribution is -2.42. The molecule has 2 atom stereocenters. The Morgan fingerprint density at radius 1 is 1.45 bits per heavy atom. The standard InChI is InChI=1S/C15H18ClNO2S/c16-12-5-11(6-13(17)7-12)14(18)10-1-3-19-15(8-10)2-4-20-9-15/h5-7,10H,1-4,8-9,17H2. The molecule has 0 radical (unpaired) electrons. The summed E-state index contributed by atoms with van der Waals surface area (Å²) in [5, 5.41) is 0.520. The van der Waals surface area contributed by atoms with Gasteiger partial charge in [0.15, 0.2) is 5.78 Å².